The number of ether oxygens (including phenoxy) is 4. The first-order valence-corrected chi connectivity index (χ1v) is 43.3. The van der Waals surface area contributed by atoms with Crippen LogP contribution in [-0.4, -0.2) is 82.3 Å². The van der Waals surface area contributed by atoms with E-state index in [9.17, 15) is 19.5 Å². The van der Waals surface area contributed by atoms with Crippen molar-refractivity contribution < 1.29 is 42.9 Å². The summed E-state index contributed by atoms with van der Waals surface area (Å²) in [6.07, 6.45) is 96.7. The van der Waals surface area contributed by atoms with Crippen LogP contribution in [0.25, 0.3) is 0 Å². The van der Waals surface area contributed by atoms with Gasteiger partial charge in [0.1, 0.15) is 13.2 Å². The molecule has 0 N–H and O–H groups in total. The van der Waals surface area contributed by atoms with E-state index in [0.29, 0.717) is 17.4 Å². The number of esters is 2. The highest BCUT2D eigenvalue weighted by Crippen LogP contribution is 2.21. The summed E-state index contributed by atoms with van der Waals surface area (Å²) in [5.41, 5.74) is 0. The third kappa shape index (κ3) is 79.4. The Labute approximate surface area is 599 Å². The summed E-state index contributed by atoms with van der Waals surface area (Å²) >= 11 is 0. The van der Waals surface area contributed by atoms with Gasteiger partial charge in [-0.15, -0.1) is 0 Å². The zero-order chi connectivity index (χ0) is 69.7. The van der Waals surface area contributed by atoms with E-state index in [0.717, 1.165) is 38.5 Å². The summed E-state index contributed by atoms with van der Waals surface area (Å²) < 4.78 is 22.9. The maximum atomic E-state index is 13.0. The van der Waals surface area contributed by atoms with Gasteiger partial charge in [-0.25, -0.2) is 0 Å². The predicted octanol–water partition coefficient (Wildman–Crippen LogP) is 26.5. The van der Waals surface area contributed by atoms with Crippen LogP contribution in [0.15, 0.2) is 12.2 Å². The molecule has 0 heterocycles. The lowest BCUT2D eigenvalue weighted by Crippen LogP contribution is -2.44. The number of carboxylic acid groups (broad SMARTS) is 1. The highest BCUT2D eigenvalue weighted by atomic mass is 16.7. The largest absolute Gasteiger partial charge is 0.545 e. The Hall–Kier alpha value is -1.97. The molecular formula is C87H169NO8. The molecule has 0 spiro atoms. The molecule has 570 valence electrons. The molecule has 2 unspecified atom stereocenters. The molecule has 0 saturated carbocycles. The van der Waals surface area contributed by atoms with E-state index in [-0.39, 0.29) is 32.2 Å². The molecule has 2 atom stereocenters. The average molecular weight is 1360 g/mol. The molecule has 0 aliphatic rings. The molecule has 0 aromatic carbocycles. The quantitative estimate of drug-likeness (QED) is 0.0195. The molecule has 0 radical (unpaired) electrons. The monoisotopic (exact) mass is 1360 g/mol. The lowest BCUT2D eigenvalue weighted by molar-refractivity contribution is -0.870. The van der Waals surface area contributed by atoms with Crippen LogP contribution >= 0.6 is 0 Å². The van der Waals surface area contributed by atoms with Gasteiger partial charge in [-0.3, -0.25) is 9.59 Å². The molecule has 0 aromatic heterocycles. The van der Waals surface area contributed by atoms with Crippen molar-refractivity contribution in [2.75, 3.05) is 47.5 Å². The van der Waals surface area contributed by atoms with Gasteiger partial charge in [0.2, 0.25) is 0 Å². The van der Waals surface area contributed by atoms with Gasteiger partial charge in [-0.05, 0) is 38.5 Å². The molecule has 0 saturated heterocycles. The first-order valence-electron chi connectivity index (χ1n) is 43.3. The number of allylic oxidation sites excluding steroid dienone is 2. The third-order valence-electron chi connectivity index (χ3n) is 20.3. The van der Waals surface area contributed by atoms with Gasteiger partial charge < -0.3 is 33.3 Å². The van der Waals surface area contributed by atoms with Gasteiger partial charge in [0.25, 0.3) is 0 Å². The molecule has 0 fully saturated rings. The number of hydrogen-bond donors (Lipinski definition) is 0. The minimum absolute atomic E-state index is 0.153. The second kappa shape index (κ2) is 78.7. The van der Waals surface area contributed by atoms with Crippen LogP contribution < -0.4 is 5.11 Å². The van der Waals surface area contributed by atoms with Crippen molar-refractivity contribution in [3.05, 3.63) is 12.2 Å². The smallest absolute Gasteiger partial charge is 0.306 e. The summed E-state index contributed by atoms with van der Waals surface area (Å²) in [7, 11) is 5.96. The minimum Gasteiger partial charge on any atom is -0.545 e. The number of carboxylic acids is 1. The lowest BCUT2D eigenvalue weighted by atomic mass is 10.0. The Morgan fingerprint density at radius 2 is 0.531 bits per heavy atom. The van der Waals surface area contributed by atoms with E-state index in [4.69, 9.17) is 18.9 Å². The first-order chi connectivity index (χ1) is 47.1. The van der Waals surface area contributed by atoms with Gasteiger partial charge in [0.15, 0.2) is 12.4 Å². The predicted molar refractivity (Wildman–Crippen MR) is 413 cm³/mol. The van der Waals surface area contributed by atoms with Crippen LogP contribution in [0.1, 0.15) is 470 Å². The highest BCUT2D eigenvalue weighted by molar-refractivity contribution is 5.70. The van der Waals surface area contributed by atoms with Crippen molar-refractivity contribution in [3.63, 3.8) is 0 Å². The van der Waals surface area contributed by atoms with E-state index >= 15 is 0 Å². The lowest BCUT2D eigenvalue weighted by Gasteiger charge is -2.26. The number of carbonyl (C=O) groups excluding carboxylic acids is 3. The molecule has 0 aliphatic heterocycles. The molecule has 0 amide bonds. The molecule has 96 heavy (non-hydrogen) atoms. The Balaban J connectivity index is 3.90. The van der Waals surface area contributed by atoms with Crippen LogP contribution in [0.2, 0.25) is 0 Å². The molecule has 0 rings (SSSR count). The molecule has 9 heteroatoms. The van der Waals surface area contributed by atoms with Gasteiger partial charge in [0, 0.05) is 12.8 Å². The number of carbonyl (C=O) groups is 3. The summed E-state index contributed by atoms with van der Waals surface area (Å²) in [5.74, 6) is -2.24. The second-order valence-electron chi connectivity index (χ2n) is 31.2. The number of quaternary nitrogens is 1. The minimum atomic E-state index is -1.62. The van der Waals surface area contributed by atoms with Crippen molar-refractivity contribution in [3.8, 4) is 0 Å². The van der Waals surface area contributed by atoms with E-state index < -0.39 is 24.3 Å². The Morgan fingerprint density at radius 1 is 0.302 bits per heavy atom. The molecule has 0 aromatic rings. The first kappa shape index (κ1) is 94.0. The zero-order valence-electron chi connectivity index (χ0n) is 65.6. The van der Waals surface area contributed by atoms with E-state index in [1.54, 1.807) is 0 Å². The van der Waals surface area contributed by atoms with Gasteiger partial charge in [-0.2, -0.15) is 0 Å². The van der Waals surface area contributed by atoms with E-state index in [1.165, 1.54) is 405 Å². The van der Waals surface area contributed by atoms with Crippen molar-refractivity contribution >= 4 is 17.9 Å². The maximum absolute atomic E-state index is 13.0. The topological polar surface area (TPSA) is 111 Å². The van der Waals surface area contributed by atoms with Crippen molar-refractivity contribution in [2.45, 2.75) is 482 Å². The van der Waals surface area contributed by atoms with Gasteiger partial charge in [0.05, 0.1) is 40.3 Å². The SMILES string of the molecule is CCCCCCCCCC/C=C\CCCCCCCCCCCCCCCCCCCCCCCC(=O)OC(COC(=O)CCCCCCCCCCCCCCCCCCCCCCCCCCCCCCCCCCCCCCCC)COC(OCC[N+](C)(C)C)C(=O)[O-]. The second-order valence-corrected chi connectivity index (χ2v) is 31.2. The highest BCUT2D eigenvalue weighted by Gasteiger charge is 2.22. The standard InChI is InChI=1S/C87H169NO8/c1-6-8-10-12-14-16-18-20-22-24-26-28-30-32-34-36-38-40-41-42-43-44-46-47-49-51-53-55-57-59-61-63-65-67-69-71-73-75-77-84(89)94-81-83(82-95-87(86(91)92)93-80-79-88(3,4)5)96-85(90)78-76-74-72-70-68-66-64-62-60-58-56-54-52-50-48-45-39-37-35-33-31-29-27-25-23-21-19-17-15-13-11-9-7-2/h25,27,83,87H,6-24,26,28-82H2,1-5H3/b27-25-. The van der Waals surface area contributed by atoms with Crippen molar-refractivity contribution in [1.82, 2.24) is 0 Å². The normalized spacial score (nSPS) is 12.6. The number of rotatable bonds is 83. The Morgan fingerprint density at radius 3 is 0.771 bits per heavy atom. The number of hydrogen-bond acceptors (Lipinski definition) is 8. The number of nitrogens with zero attached hydrogens (tertiary/aromatic N) is 1. The van der Waals surface area contributed by atoms with Crippen LogP contribution in [0, 0.1) is 0 Å². The van der Waals surface area contributed by atoms with Crippen molar-refractivity contribution in [1.29, 1.82) is 0 Å². The molecule has 9 nitrogen and oxygen atoms in total. The summed E-state index contributed by atoms with van der Waals surface area (Å²) in [5, 5.41) is 11.9. The molecule has 0 aliphatic carbocycles. The fourth-order valence-corrected chi connectivity index (χ4v) is 13.7. The summed E-state index contributed by atoms with van der Waals surface area (Å²) in [6, 6.07) is 0. The third-order valence-corrected chi connectivity index (χ3v) is 20.3. The number of likely N-dealkylation sites (N-methyl/N-ethyl adjacent to an activating group) is 1. The van der Waals surface area contributed by atoms with Gasteiger partial charge >= 0.3 is 11.9 Å². The molecule has 0 bridgehead atoms. The maximum Gasteiger partial charge on any atom is 0.306 e. The number of aliphatic carboxylic acids is 1. The fraction of sp³-hybridized carbons (Fsp3) is 0.943. The Kier molecular flexibility index (Phi) is 77.1. The fourth-order valence-electron chi connectivity index (χ4n) is 13.7. The summed E-state index contributed by atoms with van der Waals surface area (Å²) in [6.45, 7) is 4.85. The zero-order valence-corrected chi connectivity index (χ0v) is 65.6. The van der Waals surface area contributed by atoms with Crippen LogP contribution in [0.3, 0.4) is 0 Å². The van der Waals surface area contributed by atoms with Crippen molar-refractivity contribution in [2.24, 2.45) is 0 Å². The van der Waals surface area contributed by atoms with Crippen LogP contribution in [0.4, 0.5) is 0 Å². The molecular weight excluding hydrogens is 1190 g/mol. The number of unbranched alkanes of at least 4 members (excludes halogenated alkanes) is 66. The van der Waals surface area contributed by atoms with E-state index in [2.05, 4.69) is 26.0 Å². The van der Waals surface area contributed by atoms with Crippen LogP contribution in [0.5, 0.6) is 0 Å². The van der Waals surface area contributed by atoms with E-state index in [1.807, 2.05) is 21.1 Å². The van der Waals surface area contributed by atoms with Gasteiger partial charge in [-0.1, -0.05) is 431 Å². The van der Waals surface area contributed by atoms with Crippen LogP contribution in [-0.2, 0) is 33.3 Å². The average Bonchev–Trinajstić information content (AvgIpc) is 2.40. The Bertz CT molecular complexity index is 1580. The summed E-state index contributed by atoms with van der Waals surface area (Å²) in [4.78, 5) is 37.6.